The molecule has 0 saturated carbocycles. The maximum absolute atomic E-state index is 5.09. The molecule has 0 bridgehead atoms. The number of hydrogen-bond donors (Lipinski definition) is 0. The predicted octanol–water partition coefficient (Wildman–Crippen LogP) is -0.0967. The van der Waals surface area contributed by atoms with Gasteiger partial charge in [0.1, 0.15) is 0 Å². The zero-order valence-corrected chi connectivity index (χ0v) is 14.4. The maximum Gasteiger partial charge on any atom is 2.00 e. The first-order valence-corrected chi connectivity index (χ1v) is 8.34. The molecule has 84 valence electrons. The third kappa shape index (κ3) is 7.49. The van der Waals surface area contributed by atoms with E-state index in [1.807, 2.05) is 24.3 Å². The van der Waals surface area contributed by atoms with Crippen molar-refractivity contribution in [3.8, 4) is 5.75 Å². The third-order valence-electron chi connectivity index (χ3n) is 1.76. The van der Waals surface area contributed by atoms with Crippen LogP contribution in [0, 0.1) is 6.08 Å². The summed E-state index contributed by atoms with van der Waals surface area (Å²) in [4.78, 5) is 0. The Morgan fingerprint density at radius 2 is 1.62 bits per heavy atom. The maximum atomic E-state index is 5.09. The Balaban J connectivity index is 0. The molecule has 0 heterocycles. The number of ether oxygens (including phenoxy) is 1. The summed E-state index contributed by atoms with van der Waals surface area (Å²) >= 11 is 0. The van der Waals surface area contributed by atoms with E-state index in [0.717, 1.165) is 11.3 Å². The van der Waals surface area contributed by atoms with E-state index in [9.17, 15) is 0 Å². The summed E-state index contributed by atoms with van der Waals surface area (Å²) in [6.07, 6.45) is 3.32. The second-order valence-electron chi connectivity index (χ2n) is 4.38. The zero-order chi connectivity index (χ0) is 10.6. The van der Waals surface area contributed by atoms with Crippen LogP contribution in [0.1, 0.15) is 5.56 Å². The molecule has 0 aliphatic rings. The number of methoxy groups -OCH3 is 1. The Kier molecular flexibility index (Phi) is 9.68. The molecule has 16 heavy (non-hydrogen) atoms. The fourth-order valence-electron chi connectivity index (χ4n) is 0.987. The minimum Gasteiger partial charge on any atom is -1.00 e. The molecule has 0 saturated heterocycles. The molecule has 1 nitrogen and oxygen atoms in total. The molecule has 4 heteroatoms. The quantitative estimate of drug-likeness (QED) is 0.560. The monoisotopic (exact) mass is 308 g/mol. The van der Waals surface area contributed by atoms with Crippen LogP contribution in [0.25, 0.3) is 0 Å². The van der Waals surface area contributed by atoms with Crippen molar-refractivity contribution in [3.63, 3.8) is 0 Å². The zero-order valence-electron chi connectivity index (χ0n) is 10.4. The van der Waals surface area contributed by atoms with Crippen LogP contribution in [-0.4, -0.2) is 38.2 Å². The molecular formula is C12H17BrMgOSi. The van der Waals surface area contributed by atoms with E-state index in [-0.39, 0.29) is 40.0 Å². The van der Waals surface area contributed by atoms with E-state index in [2.05, 4.69) is 31.4 Å². The number of hydrogen-bond acceptors (Lipinski definition) is 1. The van der Waals surface area contributed by atoms with Gasteiger partial charge in [-0.2, -0.15) is 29.5 Å². The topological polar surface area (TPSA) is 9.23 Å². The minimum atomic E-state index is -1.13. The van der Waals surface area contributed by atoms with Gasteiger partial charge in [-0.05, 0) is 0 Å². The average molecular weight is 310 g/mol. The Hall–Kier alpha value is 0.223. The average Bonchev–Trinajstić information content (AvgIpc) is 2.14. The summed E-state index contributed by atoms with van der Waals surface area (Å²) in [6, 6.07) is 7.96. The first kappa shape index (κ1) is 18.6. The Morgan fingerprint density at radius 1 is 1.12 bits per heavy atom. The third-order valence-corrected chi connectivity index (χ3v) is 2.77. The number of benzene rings is 1. The van der Waals surface area contributed by atoms with Gasteiger partial charge in [-0.25, -0.2) is 0 Å². The smallest absolute Gasteiger partial charge is 1.00 e. The molecule has 0 unspecified atom stereocenters. The van der Waals surface area contributed by atoms with E-state index in [0.29, 0.717) is 0 Å². The Morgan fingerprint density at radius 3 is 2.00 bits per heavy atom. The molecule has 0 aliphatic heterocycles. The standard InChI is InChI=1S/C12H17OSi.BrH.Mg/c1-13-12-7-5-11(6-8-12)9-10-14(2,3)4;;/h5-8,10H,1-4H3;1H;/q-1;;+2/p-1. The normalized spacial score (nSPS) is 10.5. The molecule has 1 aromatic rings. The summed E-state index contributed by atoms with van der Waals surface area (Å²) in [5.41, 5.74) is 3.34. The van der Waals surface area contributed by atoms with Gasteiger partial charge in [-0.1, -0.05) is 31.8 Å². The number of rotatable bonds is 3. The molecule has 0 aliphatic carbocycles. The molecule has 0 spiro atoms. The second kappa shape index (κ2) is 8.33. The van der Waals surface area contributed by atoms with Crippen LogP contribution in [-0.2, 0) is 0 Å². The van der Waals surface area contributed by atoms with E-state index >= 15 is 0 Å². The molecule has 1 aromatic carbocycles. The first-order valence-electron chi connectivity index (χ1n) is 4.76. The SMILES string of the molecule is COc1ccc([C-]=C[Si](C)(C)C)cc1.[Br-].[Mg+2]. The van der Waals surface area contributed by atoms with Gasteiger partial charge in [0.25, 0.3) is 0 Å². The molecule has 1 rings (SSSR count). The van der Waals surface area contributed by atoms with Gasteiger partial charge in [-0.15, -0.1) is 0 Å². The van der Waals surface area contributed by atoms with E-state index < -0.39 is 8.07 Å². The van der Waals surface area contributed by atoms with Crippen molar-refractivity contribution in [1.82, 2.24) is 0 Å². The fourth-order valence-corrected chi connectivity index (χ4v) is 1.59. The summed E-state index contributed by atoms with van der Waals surface area (Å²) in [5.74, 6) is 0.892. The van der Waals surface area contributed by atoms with Crippen LogP contribution in [0.5, 0.6) is 5.75 Å². The van der Waals surface area contributed by atoms with Crippen LogP contribution in [0.3, 0.4) is 0 Å². The van der Waals surface area contributed by atoms with Gasteiger partial charge >= 0.3 is 23.1 Å². The van der Waals surface area contributed by atoms with Gasteiger partial charge in [0.2, 0.25) is 0 Å². The summed E-state index contributed by atoms with van der Waals surface area (Å²) in [6.45, 7) is 6.89. The van der Waals surface area contributed by atoms with Crippen molar-refractivity contribution in [2.24, 2.45) is 0 Å². The Bertz CT molecular complexity index is 317. The molecule has 0 fully saturated rings. The van der Waals surface area contributed by atoms with Crippen LogP contribution in [0.15, 0.2) is 30.0 Å². The molecule has 0 amide bonds. The van der Waals surface area contributed by atoms with Crippen LogP contribution < -0.4 is 21.7 Å². The molecular weight excluding hydrogens is 292 g/mol. The number of halogens is 1. The van der Waals surface area contributed by atoms with Crippen LogP contribution in [0.4, 0.5) is 0 Å². The van der Waals surface area contributed by atoms with E-state index in [4.69, 9.17) is 4.74 Å². The van der Waals surface area contributed by atoms with Crippen molar-refractivity contribution in [1.29, 1.82) is 0 Å². The fraction of sp³-hybridized carbons (Fsp3) is 0.333. The largest absolute Gasteiger partial charge is 2.00 e. The Labute approximate surface area is 126 Å². The van der Waals surface area contributed by atoms with Crippen LogP contribution in [0.2, 0.25) is 19.6 Å². The summed E-state index contributed by atoms with van der Waals surface area (Å²) in [7, 11) is 0.548. The van der Waals surface area contributed by atoms with Crippen LogP contribution >= 0.6 is 0 Å². The van der Waals surface area contributed by atoms with Gasteiger partial charge in [0.05, 0.1) is 20.9 Å². The first-order chi connectivity index (χ1) is 6.51. The van der Waals surface area contributed by atoms with Crippen molar-refractivity contribution in [2.45, 2.75) is 19.6 Å². The molecule has 0 N–H and O–H groups in total. The summed E-state index contributed by atoms with van der Waals surface area (Å²) in [5, 5.41) is 0. The molecule has 0 atom stereocenters. The van der Waals surface area contributed by atoms with Gasteiger partial charge in [0, 0.05) is 0 Å². The molecule has 0 aromatic heterocycles. The van der Waals surface area contributed by atoms with Crippen molar-refractivity contribution in [2.75, 3.05) is 7.11 Å². The van der Waals surface area contributed by atoms with Gasteiger partial charge in [0.15, 0.2) is 0 Å². The summed E-state index contributed by atoms with van der Waals surface area (Å²) < 4.78 is 5.09. The van der Waals surface area contributed by atoms with Crippen molar-refractivity contribution in [3.05, 3.63) is 41.6 Å². The van der Waals surface area contributed by atoms with Gasteiger partial charge in [-0.3, -0.25) is 0 Å². The minimum absolute atomic E-state index is 0. The predicted molar refractivity (Wildman–Crippen MR) is 69.0 cm³/mol. The van der Waals surface area contributed by atoms with Gasteiger partial charge < -0.3 is 21.7 Å². The van der Waals surface area contributed by atoms with Crippen molar-refractivity contribution < 1.29 is 21.7 Å². The molecule has 0 radical (unpaired) electrons. The second-order valence-corrected chi connectivity index (χ2v) is 9.40. The van der Waals surface area contributed by atoms with E-state index in [1.165, 1.54) is 0 Å². The van der Waals surface area contributed by atoms with Crippen molar-refractivity contribution >= 4 is 31.1 Å². The van der Waals surface area contributed by atoms with E-state index in [1.54, 1.807) is 7.11 Å².